The number of unbranched alkanes of at least 4 members (excludes halogenated alkanes) is 9. The molecule has 12 heteroatoms. The molecule has 0 N–H and O–H groups in total. The molecule has 2 heterocycles. The number of nitrogens with zero attached hydrogens (tertiary/aromatic N) is 2. The van der Waals surface area contributed by atoms with Crippen molar-refractivity contribution in [1.29, 1.82) is 0 Å². The van der Waals surface area contributed by atoms with Crippen LogP contribution in [0.4, 0.5) is 0 Å². The number of hydrogen-bond donors (Lipinski definition) is 0. The number of esters is 4. The maximum Gasteiger partial charge on any atom is 0.306 e. The summed E-state index contributed by atoms with van der Waals surface area (Å²) in [6.07, 6.45) is 26.6. The molecule has 2 rings (SSSR count). The summed E-state index contributed by atoms with van der Waals surface area (Å²) in [7, 11) is 3.98. The number of likely N-dealkylation sites (tertiary alicyclic amines) is 2. The predicted molar refractivity (Wildman–Crippen MR) is 258 cm³/mol. The van der Waals surface area contributed by atoms with Gasteiger partial charge in [-0.2, -0.15) is 0 Å². The van der Waals surface area contributed by atoms with Crippen LogP contribution in [0, 0.1) is 17.8 Å². The van der Waals surface area contributed by atoms with Gasteiger partial charge in [0.15, 0.2) is 0 Å². The number of hydrogen-bond acceptors (Lipinski definition) is 12. The lowest BCUT2D eigenvalue weighted by Gasteiger charge is -2.32. The average Bonchev–Trinajstić information content (AvgIpc) is 3.26. The SMILES string of the molecule is CCCCCCCCC(CCCCCC)COC(=O)CCCC(=O)OCCC1CCN(CCSSCCN2CCC(CCOC(=O)CCCC(=O)OC(C)CCCC)CC2)CC1. The number of carbonyl (C=O) groups is 4. The fraction of sp³-hybridized carbons (Fsp3) is 0.920. The van der Waals surface area contributed by atoms with Gasteiger partial charge in [0, 0.05) is 50.3 Å². The summed E-state index contributed by atoms with van der Waals surface area (Å²) in [5.41, 5.74) is 0. The summed E-state index contributed by atoms with van der Waals surface area (Å²) >= 11 is 0. The summed E-state index contributed by atoms with van der Waals surface area (Å²) in [6, 6.07) is 0. The molecule has 0 bridgehead atoms. The zero-order valence-corrected chi connectivity index (χ0v) is 41.8. The average molecular weight is 913 g/mol. The number of carbonyl (C=O) groups excluding carboxylic acids is 4. The molecule has 362 valence electrons. The smallest absolute Gasteiger partial charge is 0.306 e. The Morgan fingerprint density at radius 2 is 0.935 bits per heavy atom. The fourth-order valence-corrected chi connectivity index (χ4v) is 10.6. The van der Waals surface area contributed by atoms with Gasteiger partial charge in [0.25, 0.3) is 0 Å². The lowest BCUT2D eigenvalue weighted by atomic mass is 9.94. The molecule has 0 spiro atoms. The van der Waals surface area contributed by atoms with Crippen LogP contribution < -0.4 is 0 Å². The summed E-state index contributed by atoms with van der Waals surface area (Å²) < 4.78 is 22.1. The molecule has 0 radical (unpaired) electrons. The summed E-state index contributed by atoms with van der Waals surface area (Å²) in [6.45, 7) is 16.7. The van der Waals surface area contributed by atoms with Crippen molar-refractivity contribution in [2.24, 2.45) is 17.8 Å². The largest absolute Gasteiger partial charge is 0.466 e. The van der Waals surface area contributed by atoms with Crippen LogP contribution in [-0.4, -0.2) is 110 Å². The van der Waals surface area contributed by atoms with Gasteiger partial charge in [0.2, 0.25) is 0 Å². The molecule has 0 amide bonds. The first-order valence-electron chi connectivity index (χ1n) is 25.6. The van der Waals surface area contributed by atoms with E-state index in [9.17, 15) is 19.2 Å². The van der Waals surface area contributed by atoms with E-state index in [4.69, 9.17) is 18.9 Å². The quantitative estimate of drug-likeness (QED) is 0.0253. The van der Waals surface area contributed by atoms with Gasteiger partial charge in [-0.1, -0.05) is 119 Å². The molecule has 2 atom stereocenters. The number of rotatable bonds is 39. The van der Waals surface area contributed by atoms with E-state index >= 15 is 0 Å². The van der Waals surface area contributed by atoms with Crippen molar-refractivity contribution in [3.63, 3.8) is 0 Å². The minimum absolute atomic E-state index is 0.0551. The van der Waals surface area contributed by atoms with Gasteiger partial charge in [-0.05, 0) is 121 Å². The van der Waals surface area contributed by atoms with Crippen molar-refractivity contribution >= 4 is 45.5 Å². The maximum atomic E-state index is 12.5. The first-order valence-corrected chi connectivity index (χ1v) is 28.1. The lowest BCUT2D eigenvalue weighted by molar-refractivity contribution is -0.150. The van der Waals surface area contributed by atoms with Gasteiger partial charge in [-0.3, -0.25) is 19.2 Å². The Bertz CT molecular complexity index is 1130. The highest BCUT2D eigenvalue weighted by atomic mass is 33.1. The third-order valence-electron chi connectivity index (χ3n) is 12.8. The summed E-state index contributed by atoms with van der Waals surface area (Å²) in [5.74, 6) is 3.16. The van der Waals surface area contributed by atoms with E-state index in [-0.39, 0.29) is 55.7 Å². The molecule has 0 aromatic rings. The van der Waals surface area contributed by atoms with Crippen molar-refractivity contribution in [2.75, 3.05) is 70.6 Å². The Morgan fingerprint density at radius 1 is 0.516 bits per heavy atom. The predicted octanol–water partition coefficient (Wildman–Crippen LogP) is 12.0. The third kappa shape index (κ3) is 31.4. The number of ether oxygens (including phenoxy) is 4. The summed E-state index contributed by atoms with van der Waals surface area (Å²) in [5, 5.41) is 0. The maximum absolute atomic E-state index is 12.5. The van der Waals surface area contributed by atoms with E-state index in [1.54, 1.807) is 0 Å². The van der Waals surface area contributed by atoms with Crippen LogP contribution in [0.1, 0.15) is 201 Å². The molecule has 0 aromatic heterocycles. The fourth-order valence-electron chi connectivity index (χ4n) is 8.53. The van der Waals surface area contributed by atoms with E-state index in [0.717, 1.165) is 121 Å². The first-order chi connectivity index (χ1) is 30.2. The Morgan fingerprint density at radius 3 is 1.42 bits per heavy atom. The molecule has 0 aliphatic carbocycles. The topological polar surface area (TPSA) is 112 Å². The zero-order valence-electron chi connectivity index (χ0n) is 40.2. The van der Waals surface area contributed by atoms with E-state index < -0.39 is 0 Å². The third-order valence-corrected chi connectivity index (χ3v) is 15.2. The molecule has 2 saturated heterocycles. The van der Waals surface area contributed by atoms with Crippen molar-refractivity contribution in [1.82, 2.24) is 9.80 Å². The zero-order chi connectivity index (χ0) is 44.9. The monoisotopic (exact) mass is 913 g/mol. The van der Waals surface area contributed by atoms with E-state index in [1.165, 1.54) is 64.2 Å². The van der Waals surface area contributed by atoms with E-state index in [0.29, 0.717) is 50.4 Å². The molecular weight excluding hydrogens is 821 g/mol. The van der Waals surface area contributed by atoms with Gasteiger partial charge in [0.05, 0.1) is 25.9 Å². The second kappa shape index (κ2) is 38.7. The molecular formula is C50H92N2O8S2. The molecule has 2 unspecified atom stereocenters. The Kier molecular flexibility index (Phi) is 35.4. The molecule has 2 fully saturated rings. The Balaban J connectivity index is 1.40. The van der Waals surface area contributed by atoms with E-state index in [1.807, 2.05) is 28.5 Å². The molecule has 0 saturated carbocycles. The van der Waals surface area contributed by atoms with E-state index in [2.05, 4.69) is 30.6 Å². The van der Waals surface area contributed by atoms with Crippen LogP contribution in [0.3, 0.4) is 0 Å². The second-order valence-electron chi connectivity index (χ2n) is 18.3. The Labute approximate surface area is 387 Å². The minimum Gasteiger partial charge on any atom is -0.466 e. The van der Waals surface area contributed by atoms with Crippen LogP contribution in [-0.2, 0) is 38.1 Å². The van der Waals surface area contributed by atoms with Crippen LogP contribution in [0.15, 0.2) is 0 Å². The van der Waals surface area contributed by atoms with Crippen molar-refractivity contribution in [3.8, 4) is 0 Å². The highest BCUT2D eigenvalue weighted by Gasteiger charge is 2.21. The minimum atomic E-state index is -0.220. The molecule has 10 nitrogen and oxygen atoms in total. The van der Waals surface area contributed by atoms with Gasteiger partial charge in [0.1, 0.15) is 0 Å². The van der Waals surface area contributed by atoms with Gasteiger partial charge >= 0.3 is 23.9 Å². The summed E-state index contributed by atoms with van der Waals surface area (Å²) in [4.78, 5) is 54.1. The van der Waals surface area contributed by atoms with Gasteiger partial charge in [-0.15, -0.1) is 0 Å². The molecule has 2 aliphatic heterocycles. The first kappa shape index (κ1) is 56.6. The van der Waals surface area contributed by atoms with Crippen LogP contribution >= 0.6 is 21.6 Å². The molecule has 62 heavy (non-hydrogen) atoms. The standard InChI is InChI=1S/C50H92N2O8S2/c1-5-8-11-13-14-16-21-46(20-15-12-9-6-2)42-59-49(55)24-17-22-47(53)57-38-30-44-26-32-51(33-27-44)36-40-61-62-41-37-52-34-28-45(29-35-52)31-39-58-48(54)23-18-25-50(56)60-43(4)19-10-7-3/h43-46H,5-42H2,1-4H3. The highest BCUT2D eigenvalue weighted by molar-refractivity contribution is 8.76. The molecule has 2 aliphatic rings. The van der Waals surface area contributed by atoms with Crippen LogP contribution in [0.5, 0.6) is 0 Å². The van der Waals surface area contributed by atoms with Crippen LogP contribution in [0.25, 0.3) is 0 Å². The second-order valence-corrected chi connectivity index (χ2v) is 21.0. The highest BCUT2D eigenvalue weighted by Crippen LogP contribution is 2.26. The normalized spacial score (nSPS) is 16.5. The lowest BCUT2D eigenvalue weighted by Crippen LogP contribution is -2.36. The Hall–Kier alpha value is -1.50. The van der Waals surface area contributed by atoms with Crippen molar-refractivity contribution in [2.45, 2.75) is 207 Å². The van der Waals surface area contributed by atoms with Crippen molar-refractivity contribution in [3.05, 3.63) is 0 Å². The van der Waals surface area contributed by atoms with Gasteiger partial charge in [-0.25, -0.2) is 0 Å². The van der Waals surface area contributed by atoms with Gasteiger partial charge < -0.3 is 28.7 Å². The molecule has 0 aromatic carbocycles. The van der Waals surface area contributed by atoms with Crippen molar-refractivity contribution < 1.29 is 38.1 Å². The van der Waals surface area contributed by atoms with Crippen LogP contribution in [0.2, 0.25) is 0 Å². The number of piperidine rings is 2.